The predicted molar refractivity (Wildman–Crippen MR) is 83.4 cm³/mol. The van der Waals surface area contributed by atoms with Gasteiger partial charge in [0.25, 0.3) is 0 Å². The highest BCUT2D eigenvalue weighted by Gasteiger charge is 2.28. The van der Waals surface area contributed by atoms with Crippen molar-refractivity contribution in [2.75, 3.05) is 11.4 Å². The molecule has 0 spiro atoms. The van der Waals surface area contributed by atoms with Gasteiger partial charge in [0.1, 0.15) is 5.75 Å². The van der Waals surface area contributed by atoms with Crippen molar-refractivity contribution in [3.63, 3.8) is 0 Å². The van der Waals surface area contributed by atoms with E-state index in [1.807, 2.05) is 6.07 Å². The lowest BCUT2D eigenvalue weighted by Gasteiger charge is -2.31. The fraction of sp³-hybridized carbons (Fsp3) is 0.333. The Balaban J connectivity index is 1.97. The van der Waals surface area contributed by atoms with Crippen LogP contribution in [0.15, 0.2) is 42.5 Å². The topological polar surface area (TPSA) is 23.5 Å². The Kier molecular flexibility index (Phi) is 3.39. The van der Waals surface area contributed by atoms with Crippen LogP contribution in [-0.4, -0.2) is 11.7 Å². The van der Waals surface area contributed by atoms with Gasteiger partial charge >= 0.3 is 0 Å². The second-order valence-electron chi connectivity index (χ2n) is 5.52. The first-order valence-electron chi connectivity index (χ1n) is 7.34. The maximum Gasteiger partial charge on any atom is 0.119 e. The van der Waals surface area contributed by atoms with Crippen LogP contribution in [0.4, 0.5) is 5.69 Å². The maximum atomic E-state index is 9.99. The van der Waals surface area contributed by atoms with Gasteiger partial charge in [0, 0.05) is 12.2 Å². The first kappa shape index (κ1) is 13.0. The summed E-state index contributed by atoms with van der Waals surface area (Å²) >= 11 is 0. The minimum Gasteiger partial charge on any atom is -0.508 e. The maximum absolute atomic E-state index is 9.99. The molecule has 0 heterocycles. The molecule has 2 nitrogen and oxygen atoms in total. The van der Waals surface area contributed by atoms with Gasteiger partial charge in [-0.15, -0.1) is 0 Å². The molecule has 1 atom stereocenters. The molecule has 0 aliphatic heterocycles. The van der Waals surface area contributed by atoms with Crippen LogP contribution in [0.1, 0.15) is 36.1 Å². The smallest absolute Gasteiger partial charge is 0.119 e. The summed E-state index contributed by atoms with van der Waals surface area (Å²) in [5.74, 6) is 0.449. The van der Waals surface area contributed by atoms with Crippen molar-refractivity contribution in [3.05, 3.63) is 59.2 Å². The first-order valence-corrected chi connectivity index (χ1v) is 7.34. The molecule has 1 unspecified atom stereocenters. The Morgan fingerprint density at radius 3 is 2.60 bits per heavy atom. The van der Waals surface area contributed by atoms with E-state index in [0.717, 1.165) is 24.9 Å². The quantitative estimate of drug-likeness (QED) is 0.900. The van der Waals surface area contributed by atoms with E-state index in [-0.39, 0.29) is 0 Å². The number of benzene rings is 2. The van der Waals surface area contributed by atoms with E-state index in [9.17, 15) is 5.11 Å². The molecule has 0 saturated heterocycles. The number of phenolic OH excluding ortho intramolecular Hbond substituents is 1. The molecule has 0 amide bonds. The third-order valence-electron chi connectivity index (χ3n) is 4.30. The Morgan fingerprint density at radius 2 is 1.90 bits per heavy atom. The summed E-state index contributed by atoms with van der Waals surface area (Å²) in [6, 6.07) is 15.0. The van der Waals surface area contributed by atoms with Gasteiger partial charge < -0.3 is 10.0 Å². The molecule has 0 radical (unpaired) electrons. The molecule has 3 rings (SSSR count). The molecule has 1 N–H and O–H groups in total. The van der Waals surface area contributed by atoms with Gasteiger partial charge in [-0.2, -0.15) is 0 Å². The summed E-state index contributed by atoms with van der Waals surface area (Å²) < 4.78 is 0. The second-order valence-corrected chi connectivity index (χ2v) is 5.52. The van der Waals surface area contributed by atoms with Crippen molar-refractivity contribution in [1.29, 1.82) is 0 Å². The van der Waals surface area contributed by atoms with Crippen LogP contribution in [0.2, 0.25) is 0 Å². The normalized spacial score (nSPS) is 17.0. The summed E-state index contributed by atoms with van der Waals surface area (Å²) in [6.45, 7) is 5.28. The Morgan fingerprint density at radius 1 is 1.15 bits per heavy atom. The molecule has 1 aliphatic carbocycles. The lowest BCUT2D eigenvalue weighted by molar-refractivity contribution is 0.469. The van der Waals surface area contributed by atoms with Gasteiger partial charge in [0.15, 0.2) is 0 Å². The van der Waals surface area contributed by atoms with Gasteiger partial charge in [-0.1, -0.05) is 29.8 Å². The van der Waals surface area contributed by atoms with Crippen molar-refractivity contribution in [3.8, 4) is 5.75 Å². The van der Waals surface area contributed by atoms with E-state index in [4.69, 9.17) is 0 Å². The predicted octanol–water partition coefficient (Wildman–Crippen LogP) is 4.21. The van der Waals surface area contributed by atoms with E-state index in [1.165, 1.54) is 16.8 Å². The minimum atomic E-state index is 0.379. The number of fused-ring (bicyclic) bond motifs is 1. The molecule has 1 aliphatic rings. The van der Waals surface area contributed by atoms with Crippen molar-refractivity contribution in [2.45, 2.75) is 32.7 Å². The zero-order chi connectivity index (χ0) is 14.1. The Bertz CT molecular complexity index is 603. The number of aryl methyl sites for hydroxylation is 1. The van der Waals surface area contributed by atoms with E-state index >= 15 is 0 Å². The van der Waals surface area contributed by atoms with Crippen LogP contribution >= 0.6 is 0 Å². The van der Waals surface area contributed by atoms with Crippen LogP contribution in [0.3, 0.4) is 0 Å². The van der Waals surface area contributed by atoms with Gasteiger partial charge in [-0.05, 0) is 56.0 Å². The highest BCUT2D eigenvalue weighted by atomic mass is 16.3. The van der Waals surface area contributed by atoms with Gasteiger partial charge in [0.2, 0.25) is 0 Å². The monoisotopic (exact) mass is 267 g/mol. The van der Waals surface area contributed by atoms with Crippen LogP contribution < -0.4 is 4.90 Å². The summed E-state index contributed by atoms with van der Waals surface area (Å²) in [7, 11) is 0. The van der Waals surface area contributed by atoms with Crippen molar-refractivity contribution >= 4 is 5.69 Å². The number of anilines is 1. The fourth-order valence-electron chi connectivity index (χ4n) is 3.26. The largest absolute Gasteiger partial charge is 0.508 e. The molecular formula is C18H21NO. The van der Waals surface area contributed by atoms with Gasteiger partial charge in [-0.3, -0.25) is 0 Å². The lowest BCUT2D eigenvalue weighted by Crippen LogP contribution is -2.26. The number of rotatable bonds is 3. The standard InChI is InChI=1S/C18H21NO/c1-3-19(14-9-7-13(2)8-10-14)17-12-11-16-15(17)5-4-6-18(16)20/h4-10,17,20H,3,11-12H2,1-2H3. The summed E-state index contributed by atoms with van der Waals surface area (Å²) in [5, 5.41) is 9.99. The Hall–Kier alpha value is -1.96. The van der Waals surface area contributed by atoms with Gasteiger partial charge in [-0.25, -0.2) is 0 Å². The van der Waals surface area contributed by atoms with Crippen LogP contribution in [-0.2, 0) is 6.42 Å². The van der Waals surface area contributed by atoms with Crippen LogP contribution in [0.25, 0.3) is 0 Å². The Labute approximate surface area is 120 Å². The third-order valence-corrected chi connectivity index (χ3v) is 4.30. The molecule has 0 saturated carbocycles. The summed E-state index contributed by atoms with van der Waals surface area (Å²) in [5.41, 5.74) is 4.96. The number of phenols is 1. The van der Waals surface area contributed by atoms with E-state index < -0.39 is 0 Å². The molecule has 2 aromatic carbocycles. The highest BCUT2D eigenvalue weighted by Crippen LogP contribution is 2.41. The molecule has 104 valence electrons. The SMILES string of the molecule is CCN(c1ccc(C)cc1)C1CCc2c(O)cccc21. The van der Waals surface area contributed by atoms with Crippen LogP contribution in [0.5, 0.6) is 5.75 Å². The molecule has 0 fully saturated rings. The molecule has 0 aromatic heterocycles. The highest BCUT2D eigenvalue weighted by molar-refractivity contribution is 5.54. The summed E-state index contributed by atoms with van der Waals surface area (Å²) in [6.07, 6.45) is 2.05. The average molecular weight is 267 g/mol. The van der Waals surface area contributed by atoms with Gasteiger partial charge in [0.05, 0.1) is 6.04 Å². The van der Waals surface area contributed by atoms with Crippen molar-refractivity contribution < 1.29 is 5.11 Å². The number of aromatic hydroxyl groups is 1. The molecule has 2 aromatic rings. The molecular weight excluding hydrogens is 246 g/mol. The third kappa shape index (κ3) is 2.15. The van der Waals surface area contributed by atoms with E-state index in [2.05, 4.69) is 49.1 Å². The van der Waals surface area contributed by atoms with E-state index in [0.29, 0.717) is 11.8 Å². The zero-order valence-electron chi connectivity index (χ0n) is 12.1. The van der Waals surface area contributed by atoms with Crippen molar-refractivity contribution in [1.82, 2.24) is 0 Å². The number of hydrogen-bond donors (Lipinski definition) is 1. The summed E-state index contributed by atoms with van der Waals surface area (Å²) in [4.78, 5) is 2.44. The second kappa shape index (κ2) is 5.20. The number of nitrogens with zero attached hydrogens (tertiary/aromatic N) is 1. The fourth-order valence-corrected chi connectivity index (χ4v) is 3.26. The zero-order valence-corrected chi connectivity index (χ0v) is 12.1. The van der Waals surface area contributed by atoms with Crippen molar-refractivity contribution in [2.24, 2.45) is 0 Å². The van der Waals surface area contributed by atoms with Crippen LogP contribution in [0, 0.1) is 6.92 Å². The number of hydrogen-bond acceptors (Lipinski definition) is 2. The average Bonchev–Trinajstić information content (AvgIpc) is 2.87. The molecule has 2 heteroatoms. The first-order chi connectivity index (χ1) is 9.70. The minimum absolute atomic E-state index is 0.379. The molecule has 20 heavy (non-hydrogen) atoms. The molecule has 0 bridgehead atoms. The lowest BCUT2D eigenvalue weighted by atomic mass is 10.1. The van der Waals surface area contributed by atoms with E-state index in [1.54, 1.807) is 6.07 Å².